The van der Waals surface area contributed by atoms with Crippen LogP contribution in [0, 0.1) is 5.92 Å². The highest BCUT2D eigenvalue weighted by atomic mass is 16.5. The zero-order valence-corrected chi connectivity index (χ0v) is 13.6. The van der Waals surface area contributed by atoms with E-state index in [-0.39, 0.29) is 0 Å². The fraction of sp³-hybridized carbons (Fsp3) is 0.667. The fourth-order valence-corrected chi connectivity index (χ4v) is 4.35. The molecule has 23 heavy (non-hydrogen) atoms. The van der Waals surface area contributed by atoms with E-state index in [4.69, 9.17) is 4.74 Å². The smallest absolute Gasteiger partial charge is 0.224 e. The number of nitrogens with zero attached hydrogens (tertiary/aromatic N) is 3. The summed E-state index contributed by atoms with van der Waals surface area (Å²) in [6.45, 7) is 4.57. The molecule has 0 radical (unpaired) electrons. The highest BCUT2D eigenvalue weighted by molar-refractivity contribution is 5.80. The first-order valence-electron chi connectivity index (χ1n) is 8.82. The van der Waals surface area contributed by atoms with Crippen molar-refractivity contribution in [2.24, 2.45) is 5.92 Å². The van der Waals surface area contributed by atoms with Crippen LogP contribution in [-0.4, -0.2) is 59.1 Å². The number of fused-ring (bicyclic) bond motifs is 1. The molecule has 5 heteroatoms. The lowest BCUT2D eigenvalue weighted by Crippen LogP contribution is -2.40. The summed E-state index contributed by atoms with van der Waals surface area (Å²) in [4.78, 5) is 21.6. The third-order valence-corrected chi connectivity index (χ3v) is 5.62. The van der Waals surface area contributed by atoms with Crippen molar-refractivity contribution in [2.45, 2.75) is 44.3 Å². The number of pyridine rings is 1. The summed E-state index contributed by atoms with van der Waals surface area (Å²) in [6.07, 6.45) is 5.82. The van der Waals surface area contributed by atoms with E-state index in [1.54, 1.807) is 0 Å². The zero-order chi connectivity index (χ0) is 15.6. The lowest BCUT2D eigenvalue weighted by molar-refractivity contribution is -0.130. The predicted molar refractivity (Wildman–Crippen MR) is 86.7 cm³/mol. The van der Waals surface area contributed by atoms with Crippen LogP contribution in [-0.2, 0) is 16.1 Å². The quantitative estimate of drug-likeness (QED) is 0.848. The lowest BCUT2D eigenvalue weighted by Gasteiger charge is -2.31. The molecule has 0 saturated carbocycles. The van der Waals surface area contributed by atoms with Crippen LogP contribution in [0.3, 0.4) is 0 Å². The van der Waals surface area contributed by atoms with Gasteiger partial charge in [-0.15, -0.1) is 0 Å². The summed E-state index contributed by atoms with van der Waals surface area (Å²) in [5, 5.41) is 0. The van der Waals surface area contributed by atoms with E-state index in [2.05, 4.69) is 20.9 Å². The molecule has 1 aromatic heterocycles. The number of hydrogen-bond acceptors (Lipinski definition) is 4. The standard InChI is InChI=1S/C18H25N3O2/c22-18-11-17-16(21(18)12-14-5-9-23-10-6-14)4-8-20(17)13-15-3-1-2-7-19-15/h1-3,7,14,16-17H,4-6,8-13H2/t16-,17+/m0/s1. The summed E-state index contributed by atoms with van der Waals surface area (Å²) >= 11 is 0. The Balaban J connectivity index is 1.40. The van der Waals surface area contributed by atoms with Gasteiger partial charge in [0, 0.05) is 57.5 Å². The van der Waals surface area contributed by atoms with Crippen LogP contribution in [0.25, 0.3) is 0 Å². The first-order chi connectivity index (χ1) is 11.3. The Kier molecular flexibility index (Phi) is 4.31. The van der Waals surface area contributed by atoms with E-state index in [1.165, 1.54) is 0 Å². The van der Waals surface area contributed by atoms with Crippen LogP contribution >= 0.6 is 0 Å². The van der Waals surface area contributed by atoms with Crippen LogP contribution < -0.4 is 0 Å². The van der Waals surface area contributed by atoms with Gasteiger partial charge < -0.3 is 9.64 Å². The van der Waals surface area contributed by atoms with Gasteiger partial charge >= 0.3 is 0 Å². The number of carbonyl (C=O) groups is 1. The largest absolute Gasteiger partial charge is 0.381 e. The molecular weight excluding hydrogens is 290 g/mol. The molecule has 0 spiro atoms. The maximum absolute atomic E-state index is 12.5. The molecule has 3 aliphatic heterocycles. The predicted octanol–water partition coefficient (Wildman–Crippen LogP) is 1.68. The van der Waals surface area contributed by atoms with Gasteiger partial charge in [-0.25, -0.2) is 0 Å². The van der Waals surface area contributed by atoms with E-state index in [9.17, 15) is 4.79 Å². The molecular formula is C18H25N3O2. The molecule has 0 bridgehead atoms. The molecule has 3 aliphatic rings. The molecule has 0 aromatic carbocycles. The van der Waals surface area contributed by atoms with Crippen LogP contribution in [0.15, 0.2) is 24.4 Å². The topological polar surface area (TPSA) is 45.7 Å². The summed E-state index contributed by atoms with van der Waals surface area (Å²) in [6, 6.07) is 6.85. The highest BCUT2D eigenvalue weighted by Gasteiger charge is 2.46. The van der Waals surface area contributed by atoms with Gasteiger partial charge in [0.05, 0.1) is 5.69 Å². The lowest BCUT2D eigenvalue weighted by atomic mass is 9.99. The van der Waals surface area contributed by atoms with Crippen molar-refractivity contribution in [3.8, 4) is 0 Å². The summed E-state index contributed by atoms with van der Waals surface area (Å²) in [5.41, 5.74) is 1.10. The van der Waals surface area contributed by atoms with E-state index in [0.29, 0.717) is 30.3 Å². The van der Waals surface area contributed by atoms with Gasteiger partial charge in [-0.05, 0) is 37.3 Å². The van der Waals surface area contributed by atoms with E-state index in [1.807, 2.05) is 18.3 Å². The van der Waals surface area contributed by atoms with Crippen molar-refractivity contribution in [3.63, 3.8) is 0 Å². The average molecular weight is 315 g/mol. The Hall–Kier alpha value is -1.46. The van der Waals surface area contributed by atoms with Crippen molar-refractivity contribution in [2.75, 3.05) is 26.3 Å². The van der Waals surface area contributed by atoms with Gasteiger partial charge in [0.2, 0.25) is 5.91 Å². The SMILES string of the molecule is O=C1C[C@@H]2[C@H](CCN2Cc2ccccn2)N1CC1CCOCC1. The van der Waals surface area contributed by atoms with E-state index in [0.717, 1.165) is 57.8 Å². The molecule has 5 nitrogen and oxygen atoms in total. The van der Waals surface area contributed by atoms with Gasteiger partial charge in [-0.1, -0.05) is 6.07 Å². The Labute approximate surface area is 137 Å². The summed E-state index contributed by atoms with van der Waals surface area (Å²) < 4.78 is 5.44. The molecule has 0 aliphatic carbocycles. The maximum atomic E-state index is 12.5. The Morgan fingerprint density at radius 3 is 2.83 bits per heavy atom. The Bertz CT molecular complexity index is 544. The van der Waals surface area contributed by atoms with E-state index < -0.39 is 0 Å². The maximum Gasteiger partial charge on any atom is 0.224 e. The minimum Gasteiger partial charge on any atom is -0.381 e. The van der Waals surface area contributed by atoms with Crippen molar-refractivity contribution in [3.05, 3.63) is 30.1 Å². The molecule has 3 fully saturated rings. The van der Waals surface area contributed by atoms with Crippen LogP contribution in [0.2, 0.25) is 0 Å². The summed E-state index contributed by atoms with van der Waals surface area (Å²) in [5.74, 6) is 0.966. The van der Waals surface area contributed by atoms with Crippen LogP contribution in [0.5, 0.6) is 0 Å². The first-order valence-corrected chi connectivity index (χ1v) is 8.82. The average Bonchev–Trinajstić information content (AvgIpc) is 3.10. The molecule has 0 N–H and O–H groups in total. The van der Waals surface area contributed by atoms with Crippen molar-refractivity contribution in [1.29, 1.82) is 0 Å². The number of likely N-dealkylation sites (tertiary alicyclic amines) is 2. The second-order valence-electron chi connectivity index (χ2n) is 7.02. The molecule has 1 aromatic rings. The zero-order valence-electron chi connectivity index (χ0n) is 13.6. The number of ether oxygens (including phenoxy) is 1. The number of aromatic nitrogens is 1. The fourth-order valence-electron chi connectivity index (χ4n) is 4.35. The molecule has 2 atom stereocenters. The minimum absolute atomic E-state index is 0.345. The van der Waals surface area contributed by atoms with Crippen molar-refractivity contribution in [1.82, 2.24) is 14.8 Å². The molecule has 1 amide bonds. The van der Waals surface area contributed by atoms with Gasteiger partial charge in [-0.2, -0.15) is 0 Å². The Morgan fingerprint density at radius 1 is 1.17 bits per heavy atom. The first kappa shape index (κ1) is 15.1. The molecule has 0 unspecified atom stereocenters. The second-order valence-corrected chi connectivity index (χ2v) is 7.02. The monoisotopic (exact) mass is 315 g/mol. The molecule has 124 valence electrons. The molecule has 4 heterocycles. The highest BCUT2D eigenvalue weighted by Crippen LogP contribution is 2.34. The third kappa shape index (κ3) is 3.12. The molecule has 3 saturated heterocycles. The van der Waals surface area contributed by atoms with Gasteiger partial charge in [0.25, 0.3) is 0 Å². The van der Waals surface area contributed by atoms with Crippen molar-refractivity contribution < 1.29 is 9.53 Å². The number of amides is 1. The van der Waals surface area contributed by atoms with Crippen LogP contribution in [0.4, 0.5) is 0 Å². The second kappa shape index (κ2) is 6.57. The number of hydrogen-bond donors (Lipinski definition) is 0. The number of rotatable bonds is 4. The molecule has 4 rings (SSSR count). The van der Waals surface area contributed by atoms with Gasteiger partial charge in [0.15, 0.2) is 0 Å². The number of carbonyl (C=O) groups excluding carboxylic acids is 1. The Morgan fingerprint density at radius 2 is 2.04 bits per heavy atom. The third-order valence-electron chi connectivity index (χ3n) is 5.62. The van der Waals surface area contributed by atoms with Gasteiger partial charge in [0.1, 0.15) is 0 Å². The summed E-state index contributed by atoms with van der Waals surface area (Å²) in [7, 11) is 0. The van der Waals surface area contributed by atoms with Crippen molar-refractivity contribution >= 4 is 5.91 Å². The van der Waals surface area contributed by atoms with Gasteiger partial charge in [-0.3, -0.25) is 14.7 Å². The normalized spacial score (nSPS) is 29.2. The van der Waals surface area contributed by atoms with Crippen LogP contribution in [0.1, 0.15) is 31.4 Å². The van der Waals surface area contributed by atoms with E-state index >= 15 is 0 Å². The minimum atomic E-state index is 0.345.